The number of aliphatic imine (C=N–C) groups is 1. The molecule has 0 saturated carbocycles. The summed E-state index contributed by atoms with van der Waals surface area (Å²) in [5.74, 6) is 1.71. The summed E-state index contributed by atoms with van der Waals surface area (Å²) in [6, 6.07) is 15.3. The highest BCUT2D eigenvalue weighted by Gasteiger charge is 2.29. The van der Waals surface area contributed by atoms with Crippen LogP contribution in [-0.2, 0) is 4.79 Å². The fourth-order valence-electron chi connectivity index (χ4n) is 4.96. The molecule has 2 heterocycles. The molecular formula is C27H37N7OS. The minimum Gasteiger partial charge on any atom is -0.387 e. The molecule has 8 N–H and O–H groups in total. The molecule has 0 aliphatic carbocycles. The highest BCUT2D eigenvalue weighted by atomic mass is 32.2. The zero-order valence-electron chi connectivity index (χ0n) is 20.7. The Morgan fingerprint density at radius 3 is 2.64 bits per heavy atom. The number of hydrogen-bond acceptors (Lipinski definition) is 7. The predicted molar refractivity (Wildman–Crippen MR) is 147 cm³/mol. The number of rotatable bonds is 9. The first-order valence-electron chi connectivity index (χ1n) is 12.7. The third-order valence-corrected chi connectivity index (χ3v) is 8.01. The molecule has 0 spiro atoms. The Labute approximate surface area is 217 Å². The monoisotopic (exact) mass is 507 g/mol. The second kappa shape index (κ2) is 12.4. The molecule has 0 radical (unpaired) electrons. The maximum Gasteiger partial charge on any atom is 0.245 e. The second-order valence-corrected chi connectivity index (χ2v) is 10.6. The topological polar surface area (TPSA) is 147 Å². The van der Waals surface area contributed by atoms with Crippen LogP contribution in [0, 0.1) is 11.3 Å². The number of benzene rings is 2. The quantitative estimate of drug-likeness (QED) is 0.200. The molecule has 1 amide bonds. The molecule has 0 bridgehead atoms. The lowest BCUT2D eigenvalue weighted by Crippen LogP contribution is -2.44. The van der Waals surface area contributed by atoms with Crippen LogP contribution in [0.1, 0.15) is 60.8 Å². The standard InChI is InChI=1S/C27H37N7OS/c28-12-9-18-10-13-34(14-11-18)27(35)25(20-4-1-5-21(15-20)26(30)31)33-36-23-6-2-3-19(16-23)22-7-8-24(29)32-17-22/h1-6,15-16,18,22,25,33H,7-14,17,28H2,(H2,29,32)(H3,30,31). The first kappa shape index (κ1) is 26.2. The largest absolute Gasteiger partial charge is 0.387 e. The van der Waals surface area contributed by atoms with Gasteiger partial charge < -0.3 is 22.1 Å². The van der Waals surface area contributed by atoms with Gasteiger partial charge in [0, 0.05) is 42.4 Å². The number of nitrogens with one attached hydrogen (secondary N) is 2. The van der Waals surface area contributed by atoms with E-state index >= 15 is 0 Å². The SMILES string of the molecule is N=C(N)c1cccc(C(NSc2cccc(C3CCC(N)=NC3)c2)C(=O)N2CCC(CCN)CC2)c1. The van der Waals surface area contributed by atoms with Crippen molar-refractivity contribution in [2.24, 2.45) is 28.1 Å². The van der Waals surface area contributed by atoms with E-state index in [-0.39, 0.29) is 11.7 Å². The van der Waals surface area contributed by atoms with Crippen LogP contribution < -0.4 is 21.9 Å². The minimum absolute atomic E-state index is 0.0122. The van der Waals surface area contributed by atoms with Crippen LogP contribution in [0.25, 0.3) is 0 Å². The Balaban J connectivity index is 1.51. The second-order valence-electron chi connectivity index (χ2n) is 9.68. The van der Waals surface area contributed by atoms with E-state index in [1.54, 1.807) is 6.07 Å². The summed E-state index contributed by atoms with van der Waals surface area (Å²) in [6.07, 6.45) is 4.79. The highest BCUT2D eigenvalue weighted by molar-refractivity contribution is 7.97. The Bertz CT molecular complexity index is 1100. The molecule has 0 aromatic heterocycles. The van der Waals surface area contributed by atoms with Crippen LogP contribution in [-0.4, -0.2) is 48.7 Å². The summed E-state index contributed by atoms with van der Waals surface area (Å²) in [7, 11) is 0. The molecule has 2 aliphatic heterocycles. The number of nitrogens with two attached hydrogens (primary N) is 3. The molecular weight excluding hydrogens is 470 g/mol. The van der Waals surface area contributed by atoms with Gasteiger partial charge in [-0.05, 0) is 79.4 Å². The van der Waals surface area contributed by atoms with Crippen molar-refractivity contribution in [3.63, 3.8) is 0 Å². The first-order valence-corrected chi connectivity index (χ1v) is 13.5. The van der Waals surface area contributed by atoms with Gasteiger partial charge in [0.05, 0.1) is 5.84 Å². The summed E-state index contributed by atoms with van der Waals surface area (Å²) in [4.78, 5) is 21.1. The van der Waals surface area contributed by atoms with E-state index in [1.165, 1.54) is 17.5 Å². The maximum atomic E-state index is 13.7. The van der Waals surface area contributed by atoms with Gasteiger partial charge >= 0.3 is 0 Å². The summed E-state index contributed by atoms with van der Waals surface area (Å²) in [5.41, 5.74) is 20.0. The van der Waals surface area contributed by atoms with Gasteiger partial charge in [0.2, 0.25) is 5.91 Å². The number of nitrogen functional groups attached to an aromatic ring is 1. The van der Waals surface area contributed by atoms with Gasteiger partial charge in [-0.2, -0.15) is 0 Å². The zero-order valence-corrected chi connectivity index (χ0v) is 21.5. The lowest BCUT2D eigenvalue weighted by Gasteiger charge is -2.34. The molecule has 9 heteroatoms. The van der Waals surface area contributed by atoms with Crippen LogP contribution in [0.15, 0.2) is 58.4 Å². The summed E-state index contributed by atoms with van der Waals surface area (Å²) < 4.78 is 3.44. The van der Waals surface area contributed by atoms with Crippen molar-refractivity contribution >= 4 is 29.5 Å². The number of piperidine rings is 1. The van der Waals surface area contributed by atoms with E-state index in [0.29, 0.717) is 30.5 Å². The number of amides is 1. The fraction of sp³-hybridized carbons (Fsp3) is 0.444. The number of likely N-dealkylation sites (tertiary alicyclic amines) is 1. The van der Waals surface area contributed by atoms with Gasteiger partial charge in [-0.3, -0.25) is 15.2 Å². The van der Waals surface area contributed by atoms with Crippen LogP contribution in [0.2, 0.25) is 0 Å². The molecule has 192 valence electrons. The number of carbonyl (C=O) groups is 1. The summed E-state index contributed by atoms with van der Waals surface area (Å²) >= 11 is 1.46. The van der Waals surface area contributed by atoms with E-state index in [9.17, 15) is 4.79 Å². The number of amidine groups is 2. The van der Waals surface area contributed by atoms with Gasteiger partial charge in [0.15, 0.2) is 0 Å². The van der Waals surface area contributed by atoms with Gasteiger partial charge in [0.1, 0.15) is 11.9 Å². The number of carbonyl (C=O) groups excluding carboxylic acids is 1. The lowest BCUT2D eigenvalue weighted by molar-refractivity contribution is -0.134. The van der Waals surface area contributed by atoms with E-state index in [0.717, 1.165) is 61.5 Å². The van der Waals surface area contributed by atoms with Crippen molar-refractivity contribution in [1.82, 2.24) is 9.62 Å². The van der Waals surface area contributed by atoms with Gasteiger partial charge in [-0.1, -0.05) is 30.3 Å². The Morgan fingerprint density at radius 1 is 1.17 bits per heavy atom. The average Bonchev–Trinajstić information content (AvgIpc) is 2.90. The molecule has 1 saturated heterocycles. The van der Waals surface area contributed by atoms with Gasteiger partial charge in [-0.25, -0.2) is 4.72 Å². The molecule has 2 atom stereocenters. The van der Waals surface area contributed by atoms with Crippen molar-refractivity contribution in [2.75, 3.05) is 26.2 Å². The smallest absolute Gasteiger partial charge is 0.245 e. The lowest BCUT2D eigenvalue weighted by atomic mass is 9.92. The molecule has 2 aliphatic rings. The number of nitrogens with zero attached hydrogens (tertiary/aromatic N) is 2. The molecule has 2 unspecified atom stereocenters. The summed E-state index contributed by atoms with van der Waals surface area (Å²) in [6.45, 7) is 2.88. The van der Waals surface area contributed by atoms with Gasteiger partial charge in [0.25, 0.3) is 0 Å². The fourth-order valence-corrected chi connectivity index (χ4v) is 5.79. The zero-order chi connectivity index (χ0) is 25.5. The normalized spacial score (nSPS) is 19.5. The van der Waals surface area contributed by atoms with Crippen molar-refractivity contribution in [1.29, 1.82) is 5.41 Å². The van der Waals surface area contributed by atoms with E-state index in [4.69, 9.17) is 22.6 Å². The average molecular weight is 508 g/mol. The van der Waals surface area contributed by atoms with Gasteiger partial charge in [-0.15, -0.1) is 0 Å². The van der Waals surface area contributed by atoms with Crippen LogP contribution >= 0.6 is 11.9 Å². The highest BCUT2D eigenvalue weighted by Crippen LogP contribution is 2.30. The van der Waals surface area contributed by atoms with Crippen molar-refractivity contribution in [3.8, 4) is 0 Å². The van der Waals surface area contributed by atoms with E-state index < -0.39 is 6.04 Å². The molecule has 36 heavy (non-hydrogen) atoms. The maximum absolute atomic E-state index is 13.7. The Morgan fingerprint density at radius 2 is 1.94 bits per heavy atom. The minimum atomic E-state index is -0.553. The molecule has 4 rings (SSSR count). The van der Waals surface area contributed by atoms with Crippen LogP contribution in [0.3, 0.4) is 0 Å². The Kier molecular flexibility index (Phi) is 9.01. The third kappa shape index (κ3) is 6.66. The van der Waals surface area contributed by atoms with E-state index in [1.807, 2.05) is 29.2 Å². The summed E-state index contributed by atoms with van der Waals surface area (Å²) in [5, 5.41) is 7.84. The van der Waals surface area contributed by atoms with Crippen molar-refractivity contribution in [2.45, 2.75) is 49.0 Å². The van der Waals surface area contributed by atoms with Crippen molar-refractivity contribution < 1.29 is 4.79 Å². The first-order chi connectivity index (χ1) is 17.4. The predicted octanol–water partition coefficient (Wildman–Crippen LogP) is 3.13. The molecule has 8 nitrogen and oxygen atoms in total. The number of hydrogen-bond donors (Lipinski definition) is 5. The molecule has 2 aromatic carbocycles. The van der Waals surface area contributed by atoms with Crippen molar-refractivity contribution in [3.05, 3.63) is 65.2 Å². The van der Waals surface area contributed by atoms with Crippen LogP contribution in [0.4, 0.5) is 0 Å². The third-order valence-electron chi connectivity index (χ3n) is 7.17. The van der Waals surface area contributed by atoms with E-state index in [2.05, 4.69) is 27.9 Å². The molecule has 1 fully saturated rings. The Hall–Kier alpha value is -2.88. The van der Waals surface area contributed by atoms with Crippen LogP contribution in [0.5, 0.6) is 0 Å². The molecule has 2 aromatic rings.